The Morgan fingerprint density at radius 3 is 2.66 bits per heavy atom. The lowest BCUT2D eigenvalue weighted by Gasteiger charge is -2.21. The molecule has 1 fully saturated rings. The molecule has 2 aromatic rings. The Labute approximate surface area is 159 Å². The Hall–Kier alpha value is -3.36. The molecule has 3 atom stereocenters. The van der Waals surface area contributed by atoms with Gasteiger partial charge in [-0.1, -0.05) is 0 Å². The molecule has 3 rings (SSSR count). The summed E-state index contributed by atoms with van der Waals surface area (Å²) in [5.41, 5.74) is -1.75. The number of nitrogens with one attached hydrogen (secondary N) is 1. The van der Waals surface area contributed by atoms with E-state index in [4.69, 9.17) is 9.84 Å². The molecular formula is C15H13F2N5O7. The molecule has 2 aromatic heterocycles. The quantitative estimate of drug-likeness (QED) is 0.439. The van der Waals surface area contributed by atoms with Crippen LogP contribution in [0.3, 0.4) is 0 Å². The maximum Gasteiger partial charge on any atom is 0.351 e. The van der Waals surface area contributed by atoms with Crippen LogP contribution in [0.4, 0.5) is 20.3 Å². The Morgan fingerprint density at radius 1 is 1.41 bits per heavy atom. The maximum atomic E-state index is 14.1. The number of carbonyl (C=O) groups excluding carboxylic acids is 1. The molecule has 0 radical (unpaired) electrons. The normalized spacial score (nSPS) is 23.0. The van der Waals surface area contributed by atoms with Crippen molar-refractivity contribution in [2.24, 2.45) is 0 Å². The van der Waals surface area contributed by atoms with Crippen molar-refractivity contribution in [3.05, 3.63) is 56.9 Å². The number of hydrogen-bond donors (Lipinski definition) is 3. The van der Waals surface area contributed by atoms with Crippen LogP contribution < -0.4 is 11.0 Å². The maximum absolute atomic E-state index is 14.1. The third-order valence-electron chi connectivity index (χ3n) is 4.07. The zero-order valence-corrected chi connectivity index (χ0v) is 14.3. The average Bonchev–Trinajstić information content (AvgIpc) is 2.91. The number of alkyl halides is 2. The first kappa shape index (κ1) is 20.4. The predicted molar refractivity (Wildman–Crippen MR) is 89.3 cm³/mol. The molecule has 0 bridgehead atoms. The van der Waals surface area contributed by atoms with E-state index in [0.717, 1.165) is 30.6 Å². The van der Waals surface area contributed by atoms with Gasteiger partial charge in [0.15, 0.2) is 6.10 Å². The lowest BCUT2D eigenvalue weighted by molar-refractivity contribution is -0.385. The van der Waals surface area contributed by atoms with Crippen LogP contribution in [-0.2, 0) is 4.74 Å². The molecule has 1 aliphatic heterocycles. The van der Waals surface area contributed by atoms with E-state index in [0.29, 0.717) is 4.57 Å². The number of hydrogen-bond acceptors (Lipinski definition) is 9. The summed E-state index contributed by atoms with van der Waals surface area (Å²) in [5.74, 6) is -5.01. The van der Waals surface area contributed by atoms with E-state index < -0.39 is 47.5 Å². The zero-order valence-electron chi connectivity index (χ0n) is 14.3. The molecule has 29 heavy (non-hydrogen) atoms. The van der Waals surface area contributed by atoms with Crippen molar-refractivity contribution >= 4 is 17.4 Å². The third-order valence-corrected chi connectivity index (χ3v) is 4.07. The van der Waals surface area contributed by atoms with Gasteiger partial charge in [-0.25, -0.2) is 9.78 Å². The minimum atomic E-state index is -3.87. The van der Waals surface area contributed by atoms with E-state index in [-0.39, 0.29) is 17.2 Å². The fourth-order valence-electron chi connectivity index (χ4n) is 2.59. The third kappa shape index (κ3) is 3.80. The minimum absolute atomic E-state index is 0.207. The number of anilines is 1. The van der Waals surface area contributed by atoms with Crippen molar-refractivity contribution in [1.82, 2.24) is 14.5 Å². The van der Waals surface area contributed by atoms with Crippen molar-refractivity contribution < 1.29 is 33.4 Å². The number of aliphatic hydroxyl groups excluding tert-OH is 2. The number of nitro groups is 1. The summed E-state index contributed by atoms with van der Waals surface area (Å²) in [6.07, 6.45) is -4.37. The molecule has 0 spiro atoms. The fraction of sp³-hybridized carbons (Fsp3) is 0.333. The standard InChI is InChI=1S/C15H13F2N5O7/c16-15(17)11(24)9(6-23)29-13(15)21-4-3-10(20-14(21)26)19-12(25)8-2-1-7(5-18-8)22(27)28/h1-5,9,11,13,23-24H,6H2,(H,19,20,25,26)/t9-,11-,13-/m1/s1. The molecule has 0 unspecified atom stereocenters. The van der Waals surface area contributed by atoms with Crippen molar-refractivity contribution in [2.75, 3.05) is 11.9 Å². The molecule has 14 heteroatoms. The topological polar surface area (TPSA) is 170 Å². The molecule has 1 saturated heterocycles. The second kappa shape index (κ2) is 7.57. The van der Waals surface area contributed by atoms with Crippen LogP contribution >= 0.6 is 0 Å². The van der Waals surface area contributed by atoms with Gasteiger partial charge in [0.25, 0.3) is 11.6 Å². The van der Waals surface area contributed by atoms with E-state index >= 15 is 0 Å². The van der Waals surface area contributed by atoms with Gasteiger partial charge in [0.05, 0.1) is 11.5 Å². The lowest BCUT2D eigenvalue weighted by atomic mass is 10.1. The second-order valence-electron chi connectivity index (χ2n) is 5.94. The summed E-state index contributed by atoms with van der Waals surface area (Å²) in [6, 6.07) is 3.16. The average molecular weight is 413 g/mol. The van der Waals surface area contributed by atoms with Gasteiger partial charge in [-0.15, -0.1) is 0 Å². The molecule has 12 nitrogen and oxygen atoms in total. The van der Waals surface area contributed by atoms with Gasteiger partial charge in [0, 0.05) is 12.3 Å². The monoisotopic (exact) mass is 413 g/mol. The Kier molecular flexibility index (Phi) is 5.32. The summed E-state index contributed by atoms with van der Waals surface area (Å²) in [7, 11) is 0. The number of amides is 1. The Morgan fingerprint density at radius 2 is 2.14 bits per heavy atom. The van der Waals surface area contributed by atoms with Gasteiger partial charge < -0.3 is 20.3 Å². The van der Waals surface area contributed by atoms with Gasteiger partial charge in [0.1, 0.15) is 23.8 Å². The van der Waals surface area contributed by atoms with Crippen molar-refractivity contribution in [3.8, 4) is 0 Å². The van der Waals surface area contributed by atoms with Gasteiger partial charge >= 0.3 is 11.6 Å². The number of ether oxygens (including phenoxy) is 1. The van der Waals surface area contributed by atoms with Gasteiger partial charge in [-0.3, -0.25) is 19.5 Å². The van der Waals surface area contributed by atoms with E-state index in [9.17, 15) is 33.6 Å². The number of aliphatic hydroxyl groups is 2. The van der Waals surface area contributed by atoms with Crippen molar-refractivity contribution in [1.29, 1.82) is 0 Å². The van der Waals surface area contributed by atoms with Crippen LogP contribution in [0.2, 0.25) is 0 Å². The SMILES string of the molecule is O=C(Nc1ccn([C@@H]2O[C@H](CO)[C@@H](O)C2(F)F)c(=O)n1)c1ccc([N+](=O)[O-])cn1. The summed E-state index contributed by atoms with van der Waals surface area (Å²) < 4.78 is 33.5. The van der Waals surface area contributed by atoms with Crippen molar-refractivity contribution in [2.45, 2.75) is 24.4 Å². The smallest absolute Gasteiger partial charge is 0.351 e. The first-order valence-electron chi connectivity index (χ1n) is 7.98. The van der Waals surface area contributed by atoms with E-state index in [1.807, 2.05) is 0 Å². The van der Waals surface area contributed by atoms with Crippen molar-refractivity contribution in [3.63, 3.8) is 0 Å². The molecule has 0 saturated carbocycles. The number of pyridine rings is 1. The van der Waals surface area contributed by atoms with Crippen LogP contribution in [0.25, 0.3) is 0 Å². The molecule has 154 valence electrons. The summed E-state index contributed by atoms with van der Waals surface area (Å²) >= 11 is 0. The first-order valence-corrected chi connectivity index (χ1v) is 7.98. The van der Waals surface area contributed by atoms with Gasteiger partial charge in [-0.05, 0) is 12.1 Å². The largest absolute Gasteiger partial charge is 0.394 e. The van der Waals surface area contributed by atoms with Crippen LogP contribution in [-0.4, -0.2) is 60.3 Å². The summed E-state index contributed by atoms with van der Waals surface area (Å²) in [6.45, 7) is -0.883. The zero-order chi connectivity index (χ0) is 21.3. The van der Waals surface area contributed by atoms with E-state index in [2.05, 4.69) is 15.3 Å². The molecule has 0 aliphatic carbocycles. The number of aromatic nitrogens is 3. The van der Waals surface area contributed by atoms with E-state index in [1.165, 1.54) is 0 Å². The summed E-state index contributed by atoms with van der Waals surface area (Å²) in [4.78, 5) is 41.1. The molecule has 0 aromatic carbocycles. The van der Waals surface area contributed by atoms with E-state index in [1.54, 1.807) is 0 Å². The number of halogens is 2. The fourth-order valence-corrected chi connectivity index (χ4v) is 2.59. The highest BCUT2D eigenvalue weighted by molar-refractivity contribution is 6.02. The van der Waals surface area contributed by atoms with Gasteiger partial charge in [0.2, 0.25) is 6.23 Å². The Balaban J connectivity index is 1.78. The molecule has 3 heterocycles. The Bertz CT molecular complexity index is 997. The van der Waals surface area contributed by atoms with Crippen LogP contribution in [0.5, 0.6) is 0 Å². The highest BCUT2D eigenvalue weighted by Gasteiger charge is 2.59. The molecule has 1 aliphatic rings. The molecule has 3 N–H and O–H groups in total. The number of carbonyl (C=O) groups is 1. The predicted octanol–water partition coefficient (Wildman–Crippen LogP) is -0.315. The highest BCUT2D eigenvalue weighted by Crippen LogP contribution is 2.41. The highest BCUT2D eigenvalue weighted by atomic mass is 19.3. The van der Waals surface area contributed by atoms with Crippen LogP contribution in [0, 0.1) is 10.1 Å². The number of rotatable bonds is 5. The molecular weight excluding hydrogens is 400 g/mol. The summed E-state index contributed by atoms with van der Waals surface area (Å²) in [5, 5.41) is 31.3. The molecule has 1 amide bonds. The van der Waals surface area contributed by atoms with Crippen LogP contribution in [0.1, 0.15) is 16.7 Å². The van der Waals surface area contributed by atoms with Crippen LogP contribution in [0.15, 0.2) is 35.4 Å². The van der Waals surface area contributed by atoms with Gasteiger partial charge in [-0.2, -0.15) is 13.8 Å². The number of nitrogens with zero attached hydrogens (tertiary/aromatic N) is 4. The second-order valence-corrected chi connectivity index (χ2v) is 5.94. The minimum Gasteiger partial charge on any atom is -0.394 e. The first-order chi connectivity index (χ1) is 13.6. The lowest BCUT2D eigenvalue weighted by Crippen LogP contribution is -2.41.